The fourth-order valence-electron chi connectivity index (χ4n) is 3.98. The lowest BCUT2D eigenvalue weighted by Crippen LogP contribution is -2.24. The summed E-state index contributed by atoms with van der Waals surface area (Å²) in [6.45, 7) is 0.347. The van der Waals surface area contributed by atoms with Crippen LogP contribution in [-0.2, 0) is 13.6 Å². The highest BCUT2D eigenvalue weighted by Gasteiger charge is 2.18. The molecule has 0 aliphatic rings. The van der Waals surface area contributed by atoms with Crippen molar-refractivity contribution in [2.24, 2.45) is 7.05 Å². The van der Waals surface area contributed by atoms with Gasteiger partial charge in [0, 0.05) is 7.05 Å². The van der Waals surface area contributed by atoms with Gasteiger partial charge >= 0.3 is 0 Å². The SMILES string of the molecule is Cn1c(/C(C#N)=C(\O)CSc2nc3ccccc3c(=O)n2Cc2ccccc2)nc2ccccc21. The van der Waals surface area contributed by atoms with E-state index in [9.17, 15) is 15.2 Å². The second-order valence-electron chi connectivity index (χ2n) is 7.99. The first kappa shape index (κ1) is 22.4. The minimum Gasteiger partial charge on any atom is -0.510 e. The number of benzene rings is 3. The van der Waals surface area contributed by atoms with Gasteiger partial charge in [-0.3, -0.25) is 9.36 Å². The summed E-state index contributed by atoms with van der Waals surface area (Å²) < 4.78 is 3.39. The second kappa shape index (κ2) is 9.49. The Hall–Kier alpha value is -4.35. The number of aliphatic hydroxyl groups is 1. The van der Waals surface area contributed by atoms with E-state index in [2.05, 4.69) is 11.1 Å². The number of rotatable bonds is 6. The van der Waals surface area contributed by atoms with Crippen LogP contribution in [0.1, 0.15) is 11.4 Å². The molecule has 0 spiro atoms. The first-order valence-electron chi connectivity index (χ1n) is 11.0. The molecule has 2 heterocycles. The Labute approximate surface area is 205 Å². The molecule has 0 bridgehead atoms. The molecular formula is C27H21N5O2S. The van der Waals surface area contributed by atoms with Crippen molar-refractivity contribution < 1.29 is 5.11 Å². The topological polar surface area (TPSA) is 96.7 Å². The number of aryl methyl sites for hydroxylation is 1. The fourth-order valence-corrected chi connectivity index (χ4v) is 4.86. The number of fused-ring (bicyclic) bond motifs is 2. The van der Waals surface area contributed by atoms with E-state index in [0.717, 1.165) is 16.6 Å². The van der Waals surface area contributed by atoms with Crippen LogP contribution in [0.4, 0.5) is 0 Å². The van der Waals surface area contributed by atoms with Crippen LogP contribution in [-0.4, -0.2) is 30.0 Å². The average Bonchev–Trinajstić information content (AvgIpc) is 3.22. The van der Waals surface area contributed by atoms with Crippen LogP contribution in [0.15, 0.2) is 94.6 Å². The van der Waals surface area contributed by atoms with Gasteiger partial charge in [0.25, 0.3) is 5.56 Å². The molecule has 5 rings (SSSR count). The number of nitrogens with zero attached hydrogens (tertiary/aromatic N) is 5. The molecule has 0 aliphatic heterocycles. The van der Waals surface area contributed by atoms with Gasteiger partial charge in [-0.1, -0.05) is 66.4 Å². The lowest BCUT2D eigenvalue weighted by atomic mass is 10.2. The summed E-state index contributed by atoms with van der Waals surface area (Å²) in [5.74, 6) is 0.329. The van der Waals surface area contributed by atoms with Crippen molar-refractivity contribution in [1.82, 2.24) is 19.1 Å². The molecule has 5 aromatic rings. The Balaban J connectivity index is 1.53. The van der Waals surface area contributed by atoms with Gasteiger partial charge in [-0.25, -0.2) is 9.97 Å². The van der Waals surface area contributed by atoms with Gasteiger partial charge in [-0.05, 0) is 29.8 Å². The van der Waals surface area contributed by atoms with E-state index >= 15 is 0 Å². The van der Waals surface area contributed by atoms with E-state index in [1.165, 1.54) is 11.8 Å². The number of hydrogen-bond acceptors (Lipinski definition) is 6. The Morgan fingerprint density at radius 2 is 1.66 bits per heavy atom. The summed E-state index contributed by atoms with van der Waals surface area (Å²) >= 11 is 1.21. The van der Waals surface area contributed by atoms with Crippen molar-refractivity contribution in [2.75, 3.05) is 5.75 Å². The highest BCUT2D eigenvalue weighted by molar-refractivity contribution is 7.99. The number of thioether (sulfide) groups is 1. The van der Waals surface area contributed by atoms with Gasteiger partial charge < -0.3 is 9.67 Å². The minimum atomic E-state index is -0.152. The smallest absolute Gasteiger partial charge is 0.262 e. The summed E-state index contributed by atoms with van der Waals surface area (Å²) in [5, 5.41) is 21.7. The normalized spacial score (nSPS) is 12.0. The van der Waals surface area contributed by atoms with Crippen molar-refractivity contribution in [1.29, 1.82) is 5.26 Å². The van der Waals surface area contributed by atoms with Crippen LogP contribution < -0.4 is 5.56 Å². The Kier molecular flexibility index (Phi) is 6.08. The summed E-state index contributed by atoms with van der Waals surface area (Å²) in [5.41, 5.74) is 3.10. The Bertz CT molecular complexity index is 1680. The molecule has 172 valence electrons. The maximum Gasteiger partial charge on any atom is 0.262 e. The third-order valence-corrected chi connectivity index (χ3v) is 6.75. The molecule has 0 saturated heterocycles. The first-order valence-corrected chi connectivity index (χ1v) is 12.0. The van der Waals surface area contributed by atoms with Crippen molar-refractivity contribution in [3.05, 3.63) is 106 Å². The highest BCUT2D eigenvalue weighted by Crippen LogP contribution is 2.26. The predicted octanol–water partition coefficient (Wildman–Crippen LogP) is 4.92. The molecule has 8 heteroatoms. The number of para-hydroxylation sites is 3. The monoisotopic (exact) mass is 479 g/mol. The average molecular weight is 480 g/mol. The number of hydrogen-bond donors (Lipinski definition) is 1. The maximum absolute atomic E-state index is 13.3. The molecule has 0 amide bonds. The molecule has 0 fully saturated rings. The number of allylic oxidation sites excluding steroid dienone is 1. The third kappa shape index (κ3) is 4.29. The number of imidazole rings is 1. The van der Waals surface area contributed by atoms with Gasteiger partial charge in [0.1, 0.15) is 17.4 Å². The predicted molar refractivity (Wildman–Crippen MR) is 138 cm³/mol. The van der Waals surface area contributed by atoms with Gasteiger partial charge in [-0.15, -0.1) is 0 Å². The van der Waals surface area contributed by atoms with Crippen molar-refractivity contribution in [2.45, 2.75) is 11.7 Å². The molecule has 0 aliphatic carbocycles. The Morgan fingerprint density at radius 1 is 0.971 bits per heavy atom. The minimum absolute atomic E-state index is 0.0612. The van der Waals surface area contributed by atoms with Crippen LogP contribution in [0.5, 0.6) is 0 Å². The van der Waals surface area contributed by atoms with Crippen LogP contribution in [0.25, 0.3) is 27.5 Å². The lowest BCUT2D eigenvalue weighted by molar-refractivity contribution is 0.420. The molecule has 0 radical (unpaired) electrons. The zero-order valence-electron chi connectivity index (χ0n) is 18.9. The number of aliphatic hydroxyl groups excluding tert-OH is 1. The first-order chi connectivity index (χ1) is 17.1. The summed E-state index contributed by atoms with van der Waals surface area (Å²) in [6, 6.07) is 26.5. The zero-order chi connectivity index (χ0) is 24.4. The van der Waals surface area contributed by atoms with E-state index in [1.54, 1.807) is 21.3 Å². The van der Waals surface area contributed by atoms with E-state index in [4.69, 9.17) is 4.98 Å². The van der Waals surface area contributed by atoms with E-state index in [-0.39, 0.29) is 22.6 Å². The zero-order valence-corrected chi connectivity index (χ0v) is 19.7. The molecule has 7 nitrogen and oxygen atoms in total. The van der Waals surface area contributed by atoms with E-state index in [0.29, 0.717) is 28.4 Å². The van der Waals surface area contributed by atoms with Crippen LogP contribution in [0.3, 0.4) is 0 Å². The van der Waals surface area contributed by atoms with Gasteiger partial charge in [0.2, 0.25) is 0 Å². The second-order valence-corrected chi connectivity index (χ2v) is 8.94. The largest absolute Gasteiger partial charge is 0.510 e. The number of aromatic nitrogens is 4. The van der Waals surface area contributed by atoms with E-state index in [1.807, 2.05) is 73.8 Å². The molecule has 1 N–H and O–H groups in total. The summed E-state index contributed by atoms with van der Waals surface area (Å²) in [4.78, 5) is 22.6. The van der Waals surface area contributed by atoms with Crippen molar-refractivity contribution in [3.63, 3.8) is 0 Å². The highest BCUT2D eigenvalue weighted by atomic mass is 32.2. The Morgan fingerprint density at radius 3 is 2.40 bits per heavy atom. The fraction of sp³-hybridized carbons (Fsp3) is 0.111. The third-order valence-electron chi connectivity index (χ3n) is 5.76. The van der Waals surface area contributed by atoms with Crippen molar-refractivity contribution in [3.8, 4) is 6.07 Å². The maximum atomic E-state index is 13.3. The molecule has 0 saturated carbocycles. The van der Waals surface area contributed by atoms with Gasteiger partial charge in [0.05, 0.1) is 34.2 Å². The summed E-state index contributed by atoms with van der Waals surface area (Å²) in [6.07, 6.45) is 0. The molecular weight excluding hydrogens is 458 g/mol. The van der Waals surface area contributed by atoms with Gasteiger partial charge in [0.15, 0.2) is 11.0 Å². The standard InChI is InChI=1S/C27H21N5O2S/c1-31-23-14-8-7-13-22(23)29-25(31)20(15-28)24(33)17-35-27-30-21-12-6-5-11-19(21)26(34)32(27)16-18-9-3-2-4-10-18/h2-14,33H,16-17H2,1H3/b24-20-. The number of nitriles is 1. The molecule has 35 heavy (non-hydrogen) atoms. The van der Waals surface area contributed by atoms with E-state index < -0.39 is 0 Å². The van der Waals surface area contributed by atoms with Crippen LogP contribution in [0.2, 0.25) is 0 Å². The quantitative estimate of drug-likeness (QED) is 0.161. The molecule has 2 aromatic heterocycles. The van der Waals surface area contributed by atoms with Gasteiger partial charge in [-0.2, -0.15) is 5.26 Å². The molecule has 3 aromatic carbocycles. The van der Waals surface area contributed by atoms with Crippen molar-refractivity contribution >= 4 is 39.3 Å². The molecule has 0 atom stereocenters. The van der Waals surface area contributed by atoms with Crippen LogP contribution in [0, 0.1) is 11.3 Å². The lowest BCUT2D eigenvalue weighted by Gasteiger charge is -2.13. The summed E-state index contributed by atoms with van der Waals surface area (Å²) in [7, 11) is 1.81. The molecule has 0 unspecified atom stereocenters. The van der Waals surface area contributed by atoms with Crippen LogP contribution >= 0.6 is 11.8 Å².